The predicted molar refractivity (Wildman–Crippen MR) is 82.8 cm³/mol. The van der Waals surface area contributed by atoms with Gasteiger partial charge in [-0.15, -0.1) is 0 Å². The van der Waals surface area contributed by atoms with Gasteiger partial charge in [0.2, 0.25) is 0 Å². The third kappa shape index (κ3) is 3.66. The van der Waals surface area contributed by atoms with E-state index in [4.69, 9.17) is 22.1 Å². The minimum absolute atomic E-state index is 0.458. The largest absolute Gasteiger partial charge is 0.454 e. The molecule has 2 N–H and O–H groups in total. The zero-order chi connectivity index (χ0) is 13.7. The van der Waals surface area contributed by atoms with Crippen molar-refractivity contribution in [1.82, 2.24) is 0 Å². The fourth-order valence-corrected chi connectivity index (χ4v) is 1.86. The Balaban J connectivity index is 2.39. The third-order valence-electron chi connectivity index (χ3n) is 2.35. The Hall–Kier alpha value is -1.65. The number of benzene rings is 2. The molecule has 2 aromatic rings. The molecule has 0 fully saturated rings. The van der Waals surface area contributed by atoms with Crippen LogP contribution in [-0.2, 0) is 0 Å². The maximum absolute atomic E-state index is 6.16. The lowest BCUT2D eigenvalue weighted by Gasteiger charge is -2.10. The molecule has 0 atom stereocenters. The Kier molecular flexibility index (Phi) is 4.71. The van der Waals surface area contributed by atoms with Gasteiger partial charge in [-0.1, -0.05) is 47.6 Å². The van der Waals surface area contributed by atoms with E-state index in [0.29, 0.717) is 27.4 Å². The summed E-state index contributed by atoms with van der Waals surface area (Å²) in [6.07, 6.45) is 1.86. The Morgan fingerprint density at radius 3 is 2.58 bits per heavy atom. The molecule has 2 rings (SSSR count). The quantitative estimate of drug-likeness (QED) is 0.672. The third-order valence-corrected chi connectivity index (χ3v) is 3.16. The fraction of sp³-hybridized carbons (Fsp3) is 0.0714. The molecule has 0 radical (unpaired) electrons. The van der Waals surface area contributed by atoms with Crippen LogP contribution in [-0.4, -0.2) is 11.4 Å². The van der Waals surface area contributed by atoms with Crippen molar-refractivity contribution in [2.75, 3.05) is 6.26 Å². The second kappa shape index (κ2) is 6.50. The standard InChI is InChI=1S/C14H13ClN2OS/c1-19-14(16)17-12-9-5-8-11(15)13(12)18-10-6-3-2-4-7-10/h2-9H,1H3,(H2,16,17). The van der Waals surface area contributed by atoms with Crippen molar-refractivity contribution in [2.24, 2.45) is 10.7 Å². The Labute approximate surface area is 121 Å². The van der Waals surface area contributed by atoms with Gasteiger partial charge in [0, 0.05) is 0 Å². The highest BCUT2D eigenvalue weighted by Gasteiger charge is 2.09. The molecule has 0 saturated carbocycles. The molecule has 0 unspecified atom stereocenters. The minimum atomic E-state index is 0.458. The van der Waals surface area contributed by atoms with E-state index in [2.05, 4.69) is 4.99 Å². The molecule has 0 heterocycles. The molecular weight excluding hydrogens is 280 g/mol. The van der Waals surface area contributed by atoms with Crippen molar-refractivity contribution >= 4 is 34.2 Å². The van der Waals surface area contributed by atoms with Crippen LogP contribution in [0.25, 0.3) is 0 Å². The van der Waals surface area contributed by atoms with Crippen LogP contribution in [0.3, 0.4) is 0 Å². The summed E-state index contributed by atoms with van der Waals surface area (Å²) in [7, 11) is 0. The van der Waals surface area contributed by atoms with Gasteiger partial charge in [-0.3, -0.25) is 0 Å². The van der Waals surface area contributed by atoms with Gasteiger partial charge < -0.3 is 10.5 Å². The molecule has 98 valence electrons. The highest BCUT2D eigenvalue weighted by Crippen LogP contribution is 2.38. The average Bonchev–Trinajstić information content (AvgIpc) is 2.43. The molecular formula is C14H13ClN2OS. The second-order valence-corrected chi connectivity index (χ2v) is 4.89. The van der Waals surface area contributed by atoms with Crippen LogP contribution in [0.15, 0.2) is 53.5 Å². The first-order valence-corrected chi connectivity index (χ1v) is 7.20. The first-order chi connectivity index (χ1) is 9.20. The topological polar surface area (TPSA) is 47.6 Å². The summed E-state index contributed by atoms with van der Waals surface area (Å²) >= 11 is 7.53. The highest BCUT2D eigenvalue weighted by atomic mass is 35.5. The number of ether oxygens (including phenoxy) is 1. The first-order valence-electron chi connectivity index (χ1n) is 5.60. The normalized spacial score (nSPS) is 11.4. The Morgan fingerprint density at radius 2 is 1.89 bits per heavy atom. The maximum atomic E-state index is 6.16. The molecule has 0 amide bonds. The van der Waals surface area contributed by atoms with Gasteiger partial charge in [0.05, 0.1) is 5.02 Å². The molecule has 2 aromatic carbocycles. The summed E-state index contributed by atoms with van der Waals surface area (Å²) in [5.74, 6) is 1.21. The number of rotatable bonds is 3. The Morgan fingerprint density at radius 1 is 1.16 bits per heavy atom. The van der Waals surface area contributed by atoms with Gasteiger partial charge >= 0.3 is 0 Å². The number of nitrogens with two attached hydrogens (primary N) is 1. The van der Waals surface area contributed by atoms with Crippen molar-refractivity contribution in [3.63, 3.8) is 0 Å². The second-order valence-electron chi connectivity index (χ2n) is 3.66. The van der Waals surface area contributed by atoms with Gasteiger partial charge in [0.15, 0.2) is 10.9 Å². The molecule has 0 saturated heterocycles. The lowest BCUT2D eigenvalue weighted by Crippen LogP contribution is -2.04. The lowest BCUT2D eigenvalue weighted by molar-refractivity contribution is 0.484. The molecule has 0 aliphatic carbocycles. The van der Waals surface area contributed by atoms with Gasteiger partial charge in [0.25, 0.3) is 0 Å². The monoisotopic (exact) mass is 292 g/mol. The van der Waals surface area contributed by atoms with Crippen molar-refractivity contribution in [1.29, 1.82) is 0 Å². The number of hydrogen-bond donors (Lipinski definition) is 1. The number of hydrogen-bond acceptors (Lipinski definition) is 3. The number of halogens is 1. The summed E-state index contributed by atoms with van der Waals surface area (Å²) in [4.78, 5) is 4.28. The van der Waals surface area contributed by atoms with Crippen LogP contribution in [0.5, 0.6) is 11.5 Å². The molecule has 0 aliphatic rings. The van der Waals surface area contributed by atoms with Crippen molar-refractivity contribution < 1.29 is 4.74 Å². The van der Waals surface area contributed by atoms with E-state index in [0.717, 1.165) is 0 Å². The number of nitrogens with zero attached hydrogens (tertiary/aromatic N) is 1. The van der Waals surface area contributed by atoms with Crippen LogP contribution in [0, 0.1) is 0 Å². The number of aliphatic imine (C=N–C) groups is 1. The molecule has 0 aliphatic heterocycles. The zero-order valence-corrected chi connectivity index (χ0v) is 11.9. The van der Waals surface area contributed by atoms with Gasteiger partial charge in [-0.2, -0.15) is 0 Å². The van der Waals surface area contributed by atoms with Gasteiger partial charge in [-0.25, -0.2) is 4.99 Å². The average molecular weight is 293 g/mol. The Bertz CT molecular complexity index is 587. The van der Waals surface area contributed by atoms with Crippen LogP contribution in [0.4, 0.5) is 5.69 Å². The number of para-hydroxylation sites is 2. The van der Waals surface area contributed by atoms with Gasteiger partial charge in [-0.05, 0) is 30.5 Å². The predicted octanol–water partition coefficient (Wildman–Crippen LogP) is 4.44. The summed E-state index contributed by atoms with van der Waals surface area (Å²) < 4.78 is 5.78. The van der Waals surface area contributed by atoms with E-state index >= 15 is 0 Å². The molecule has 5 heteroatoms. The van der Waals surface area contributed by atoms with Crippen molar-refractivity contribution in [3.05, 3.63) is 53.6 Å². The molecule has 0 aromatic heterocycles. The minimum Gasteiger partial charge on any atom is -0.454 e. The van der Waals surface area contributed by atoms with Crippen LogP contribution < -0.4 is 10.5 Å². The molecule has 0 bridgehead atoms. The van der Waals surface area contributed by atoms with E-state index in [1.54, 1.807) is 6.07 Å². The highest BCUT2D eigenvalue weighted by molar-refractivity contribution is 8.13. The molecule has 0 spiro atoms. The number of amidine groups is 1. The van der Waals surface area contributed by atoms with E-state index in [1.165, 1.54) is 11.8 Å². The summed E-state index contributed by atoms with van der Waals surface area (Å²) in [5, 5.41) is 0.958. The maximum Gasteiger partial charge on any atom is 0.171 e. The van der Waals surface area contributed by atoms with Crippen molar-refractivity contribution in [2.45, 2.75) is 0 Å². The SMILES string of the molecule is CSC(N)=Nc1cccc(Cl)c1Oc1ccccc1. The van der Waals surface area contributed by atoms with Crippen molar-refractivity contribution in [3.8, 4) is 11.5 Å². The zero-order valence-electron chi connectivity index (χ0n) is 10.3. The molecule has 3 nitrogen and oxygen atoms in total. The van der Waals surface area contributed by atoms with E-state index in [-0.39, 0.29) is 0 Å². The summed E-state index contributed by atoms with van der Waals surface area (Å²) in [6, 6.07) is 14.8. The number of thioether (sulfide) groups is 1. The first kappa shape index (κ1) is 13.8. The summed E-state index contributed by atoms with van der Waals surface area (Å²) in [5.41, 5.74) is 6.35. The van der Waals surface area contributed by atoms with E-state index in [1.807, 2.05) is 48.7 Å². The van der Waals surface area contributed by atoms with Crippen LogP contribution in [0.2, 0.25) is 5.02 Å². The fourth-order valence-electron chi connectivity index (χ4n) is 1.46. The smallest absolute Gasteiger partial charge is 0.171 e. The summed E-state index contributed by atoms with van der Waals surface area (Å²) in [6.45, 7) is 0. The van der Waals surface area contributed by atoms with Crippen LogP contribution in [0.1, 0.15) is 0 Å². The van der Waals surface area contributed by atoms with E-state index < -0.39 is 0 Å². The lowest BCUT2D eigenvalue weighted by atomic mass is 10.3. The van der Waals surface area contributed by atoms with Crippen LogP contribution >= 0.6 is 23.4 Å². The van der Waals surface area contributed by atoms with E-state index in [9.17, 15) is 0 Å². The molecule has 19 heavy (non-hydrogen) atoms. The van der Waals surface area contributed by atoms with Gasteiger partial charge in [0.1, 0.15) is 11.4 Å².